The summed E-state index contributed by atoms with van der Waals surface area (Å²) in [6.45, 7) is 3.87. The van der Waals surface area contributed by atoms with Gasteiger partial charge in [-0.3, -0.25) is 9.59 Å². The lowest BCUT2D eigenvalue weighted by atomic mass is 10.0. The number of amides is 1. The molecule has 1 N–H and O–H groups in total. The van der Waals surface area contributed by atoms with E-state index >= 15 is 0 Å². The second-order valence-electron chi connectivity index (χ2n) is 6.45. The van der Waals surface area contributed by atoms with Crippen LogP contribution in [0.4, 0.5) is 5.69 Å². The summed E-state index contributed by atoms with van der Waals surface area (Å²) in [4.78, 5) is 26.6. The minimum atomic E-state index is -0.321. The summed E-state index contributed by atoms with van der Waals surface area (Å²) in [5.74, 6) is -0.354. The SMILES string of the molecule is Cc1ccc(S[C@@H](C)C(=O)Nc2ccc(Cl)cc2C(=O)c2ccccc2)cc1. The molecular formula is C23H20ClNO2S. The van der Waals surface area contributed by atoms with Crippen LogP contribution in [0.5, 0.6) is 0 Å². The van der Waals surface area contributed by atoms with Crippen LogP contribution >= 0.6 is 23.4 Å². The molecule has 0 saturated heterocycles. The van der Waals surface area contributed by atoms with Crippen molar-refractivity contribution in [3.63, 3.8) is 0 Å². The second kappa shape index (κ2) is 9.09. The Morgan fingerprint density at radius 1 is 0.964 bits per heavy atom. The van der Waals surface area contributed by atoms with Crippen LogP contribution in [0.15, 0.2) is 77.7 Å². The zero-order valence-electron chi connectivity index (χ0n) is 15.6. The molecular weight excluding hydrogens is 390 g/mol. The molecule has 0 heterocycles. The van der Waals surface area contributed by atoms with E-state index in [9.17, 15) is 9.59 Å². The van der Waals surface area contributed by atoms with Crippen LogP contribution in [-0.2, 0) is 4.79 Å². The summed E-state index contributed by atoms with van der Waals surface area (Å²) in [6.07, 6.45) is 0. The number of nitrogens with one attached hydrogen (secondary N) is 1. The highest BCUT2D eigenvalue weighted by Crippen LogP contribution is 2.27. The molecule has 0 saturated carbocycles. The van der Waals surface area contributed by atoms with Crippen molar-refractivity contribution >= 4 is 40.7 Å². The van der Waals surface area contributed by atoms with Crippen molar-refractivity contribution in [1.82, 2.24) is 0 Å². The first-order chi connectivity index (χ1) is 13.4. The lowest BCUT2D eigenvalue weighted by Crippen LogP contribution is -2.23. The number of thioether (sulfide) groups is 1. The van der Waals surface area contributed by atoms with Crippen LogP contribution in [-0.4, -0.2) is 16.9 Å². The van der Waals surface area contributed by atoms with Gasteiger partial charge in [0.25, 0.3) is 0 Å². The lowest BCUT2D eigenvalue weighted by molar-refractivity contribution is -0.115. The first-order valence-corrected chi connectivity index (χ1v) is 10.1. The van der Waals surface area contributed by atoms with Crippen LogP contribution in [0.25, 0.3) is 0 Å². The largest absolute Gasteiger partial charge is 0.324 e. The van der Waals surface area contributed by atoms with Gasteiger partial charge in [-0.15, -0.1) is 11.8 Å². The van der Waals surface area contributed by atoms with E-state index in [2.05, 4.69) is 5.32 Å². The van der Waals surface area contributed by atoms with Crippen LogP contribution in [0, 0.1) is 6.92 Å². The highest BCUT2D eigenvalue weighted by atomic mass is 35.5. The first-order valence-electron chi connectivity index (χ1n) is 8.87. The van der Waals surface area contributed by atoms with Crippen LogP contribution < -0.4 is 5.32 Å². The molecule has 3 nitrogen and oxygen atoms in total. The van der Waals surface area contributed by atoms with Crippen molar-refractivity contribution in [3.05, 3.63) is 94.5 Å². The molecule has 0 aliphatic heterocycles. The molecule has 0 aromatic heterocycles. The van der Waals surface area contributed by atoms with Crippen molar-refractivity contribution < 1.29 is 9.59 Å². The van der Waals surface area contributed by atoms with Crippen molar-refractivity contribution in [1.29, 1.82) is 0 Å². The third-order valence-electron chi connectivity index (χ3n) is 4.22. The summed E-state index contributed by atoms with van der Waals surface area (Å²) in [6, 6.07) is 21.9. The van der Waals surface area contributed by atoms with Crippen LogP contribution in [0.1, 0.15) is 28.4 Å². The van der Waals surface area contributed by atoms with E-state index in [0.717, 1.165) is 4.90 Å². The van der Waals surface area contributed by atoms with Crippen LogP contribution in [0.2, 0.25) is 5.02 Å². The second-order valence-corrected chi connectivity index (χ2v) is 8.30. The van der Waals surface area contributed by atoms with E-state index < -0.39 is 0 Å². The number of carbonyl (C=O) groups is 2. The topological polar surface area (TPSA) is 46.2 Å². The number of anilines is 1. The van der Waals surface area contributed by atoms with Gasteiger partial charge in [-0.2, -0.15) is 0 Å². The number of halogens is 1. The Morgan fingerprint density at radius 3 is 2.32 bits per heavy atom. The van der Waals surface area contributed by atoms with Gasteiger partial charge in [0.15, 0.2) is 5.78 Å². The Bertz CT molecular complexity index is 987. The van der Waals surface area contributed by atoms with E-state index in [1.54, 1.807) is 42.5 Å². The molecule has 0 aliphatic carbocycles. The fourth-order valence-electron chi connectivity index (χ4n) is 2.67. The van der Waals surface area contributed by atoms with Gasteiger partial charge >= 0.3 is 0 Å². The zero-order chi connectivity index (χ0) is 20.1. The number of ketones is 1. The quantitative estimate of drug-likeness (QED) is 0.401. The summed E-state index contributed by atoms with van der Waals surface area (Å²) in [5, 5.41) is 3.00. The van der Waals surface area contributed by atoms with Gasteiger partial charge in [-0.05, 0) is 44.2 Å². The minimum Gasteiger partial charge on any atom is -0.324 e. The van der Waals surface area contributed by atoms with E-state index in [0.29, 0.717) is 21.8 Å². The molecule has 1 atom stereocenters. The predicted molar refractivity (Wildman–Crippen MR) is 116 cm³/mol. The first kappa shape index (κ1) is 20.2. The monoisotopic (exact) mass is 409 g/mol. The molecule has 0 fully saturated rings. The minimum absolute atomic E-state index is 0.171. The predicted octanol–water partition coefficient (Wildman–Crippen LogP) is 6.00. The average molecular weight is 410 g/mol. The van der Waals surface area contributed by atoms with Gasteiger partial charge in [-0.25, -0.2) is 0 Å². The van der Waals surface area contributed by atoms with Gasteiger partial charge < -0.3 is 5.32 Å². The van der Waals surface area contributed by atoms with Crippen LogP contribution in [0.3, 0.4) is 0 Å². The molecule has 3 aromatic carbocycles. The normalized spacial score (nSPS) is 11.7. The third-order valence-corrected chi connectivity index (χ3v) is 5.57. The number of carbonyl (C=O) groups excluding carboxylic acids is 2. The average Bonchev–Trinajstić information content (AvgIpc) is 2.71. The molecule has 5 heteroatoms. The van der Waals surface area contributed by atoms with Gasteiger partial charge in [0.2, 0.25) is 5.91 Å². The Hall–Kier alpha value is -2.56. The molecule has 1 amide bonds. The fraction of sp³-hybridized carbons (Fsp3) is 0.130. The Labute approximate surface area is 174 Å². The third kappa shape index (κ3) is 5.03. The van der Waals surface area contributed by atoms with E-state index in [-0.39, 0.29) is 16.9 Å². The highest BCUT2D eigenvalue weighted by Gasteiger charge is 2.19. The molecule has 0 unspecified atom stereocenters. The fourth-order valence-corrected chi connectivity index (χ4v) is 3.71. The van der Waals surface area contributed by atoms with Gasteiger partial charge in [0, 0.05) is 21.0 Å². The van der Waals surface area contributed by atoms with E-state index in [1.165, 1.54) is 17.3 Å². The molecule has 0 radical (unpaired) electrons. The number of aryl methyl sites for hydroxylation is 1. The Morgan fingerprint density at radius 2 is 1.64 bits per heavy atom. The summed E-state index contributed by atoms with van der Waals surface area (Å²) in [5.41, 5.74) is 2.55. The maximum Gasteiger partial charge on any atom is 0.237 e. The van der Waals surface area contributed by atoms with Gasteiger partial charge in [0.05, 0.1) is 10.9 Å². The number of rotatable bonds is 6. The zero-order valence-corrected chi connectivity index (χ0v) is 17.2. The van der Waals surface area contributed by atoms with Crippen molar-refractivity contribution in [2.75, 3.05) is 5.32 Å². The maximum absolute atomic E-state index is 12.9. The molecule has 0 aliphatic rings. The number of hydrogen-bond acceptors (Lipinski definition) is 3. The number of hydrogen-bond donors (Lipinski definition) is 1. The summed E-state index contributed by atoms with van der Waals surface area (Å²) in [7, 11) is 0. The number of benzene rings is 3. The smallest absolute Gasteiger partial charge is 0.237 e. The van der Waals surface area contributed by atoms with Crippen molar-refractivity contribution in [2.24, 2.45) is 0 Å². The molecule has 28 heavy (non-hydrogen) atoms. The molecule has 3 rings (SSSR count). The molecule has 142 valence electrons. The Balaban J connectivity index is 1.79. The van der Waals surface area contributed by atoms with E-state index in [1.807, 2.05) is 44.2 Å². The summed E-state index contributed by atoms with van der Waals surface area (Å²) >= 11 is 7.57. The molecule has 0 bridgehead atoms. The van der Waals surface area contributed by atoms with Crippen molar-refractivity contribution in [3.8, 4) is 0 Å². The molecule has 0 spiro atoms. The van der Waals surface area contributed by atoms with Gasteiger partial charge in [0.1, 0.15) is 0 Å². The standard InChI is InChI=1S/C23H20ClNO2S/c1-15-8-11-19(12-9-15)28-16(2)23(27)25-21-13-10-18(24)14-20(21)22(26)17-6-4-3-5-7-17/h3-14,16H,1-2H3,(H,25,27)/t16-/m0/s1. The maximum atomic E-state index is 12.9. The summed E-state index contributed by atoms with van der Waals surface area (Å²) < 4.78 is 0. The highest BCUT2D eigenvalue weighted by molar-refractivity contribution is 8.00. The van der Waals surface area contributed by atoms with Crippen molar-refractivity contribution in [2.45, 2.75) is 24.0 Å². The lowest BCUT2D eigenvalue weighted by Gasteiger charge is -2.15. The van der Waals surface area contributed by atoms with Gasteiger partial charge in [-0.1, -0.05) is 59.6 Å². The van der Waals surface area contributed by atoms with E-state index in [4.69, 9.17) is 11.6 Å². The molecule has 3 aromatic rings. The Kier molecular flexibility index (Phi) is 6.55.